The van der Waals surface area contributed by atoms with Crippen LogP contribution in [0, 0.1) is 41.2 Å². The highest BCUT2D eigenvalue weighted by Crippen LogP contribution is 2.34. The largest absolute Gasteiger partial charge is 0.497 e. The molecule has 0 spiro atoms. The van der Waals surface area contributed by atoms with E-state index in [1.165, 1.54) is 37.1 Å². The normalized spacial score (nSPS) is 16.0. The van der Waals surface area contributed by atoms with Gasteiger partial charge in [0.1, 0.15) is 35.3 Å². The first-order valence-electron chi connectivity index (χ1n) is 27.8. The predicted molar refractivity (Wildman–Crippen MR) is 301 cm³/mol. The minimum atomic E-state index is -0.663. The van der Waals surface area contributed by atoms with Crippen LogP contribution in [0.1, 0.15) is 114 Å². The van der Waals surface area contributed by atoms with Gasteiger partial charge in [0.05, 0.1) is 64.2 Å². The molecule has 5 aromatic rings. The molecule has 2 fully saturated rings. The summed E-state index contributed by atoms with van der Waals surface area (Å²) in [6.45, 7) is 16.1. The summed E-state index contributed by atoms with van der Waals surface area (Å²) >= 11 is 0. The van der Waals surface area contributed by atoms with Crippen molar-refractivity contribution in [2.45, 2.75) is 149 Å². The van der Waals surface area contributed by atoms with Crippen LogP contribution in [0.25, 0.3) is 0 Å². The number of carbonyl (C=O) groups is 2. The number of methoxy groups -OCH3 is 2. The quantitative estimate of drug-likeness (QED) is 0.0305. The Morgan fingerprint density at radius 3 is 1.53 bits per heavy atom. The third-order valence-electron chi connectivity index (χ3n) is 14.2. The van der Waals surface area contributed by atoms with Crippen LogP contribution in [0.2, 0.25) is 0 Å². The molecule has 10 nitrogen and oxygen atoms in total. The molecule has 0 saturated heterocycles. The van der Waals surface area contributed by atoms with Gasteiger partial charge in [-0.15, -0.1) is 6.58 Å². The smallest absolute Gasteiger partial charge is 0.309 e. The van der Waals surface area contributed by atoms with Crippen LogP contribution in [-0.4, -0.2) is 69.4 Å². The molecule has 5 aromatic carbocycles. The van der Waals surface area contributed by atoms with Gasteiger partial charge in [0.2, 0.25) is 0 Å². The third-order valence-corrected chi connectivity index (χ3v) is 14.2. The Morgan fingerprint density at radius 2 is 1.05 bits per heavy atom. The molecule has 422 valence electrons. The molecular formula is C66H84F2O10. The van der Waals surface area contributed by atoms with Crippen molar-refractivity contribution in [3.8, 4) is 11.5 Å². The van der Waals surface area contributed by atoms with Crippen LogP contribution in [0.5, 0.6) is 11.5 Å². The summed E-state index contributed by atoms with van der Waals surface area (Å²) in [5.41, 5.74) is 4.41. The van der Waals surface area contributed by atoms with E-state index in [4.69, 9.17) is 37.9 Å². The maximum absolute atomic E-state index is 13.8. The Morgan fingerprint density at radius 1 is 0.590 bits per heavy atom. The van der Waals surface area contributed by atoms with Crippen molar-refractivity contribution >= 4 is 11.9 Å². The zero-order chi connectivity index (χ0) is 55.9. The molecule has 0 aliphatic heterocycles. The number of ether oxygens (including phenoxy) is 8. The highest BCUT2D eigenvalue weighted by Gasteiger charge is 2.34. The lowest BCUT2D eigenvalue weighted by atomic mass is 9.85. The number of halogens is 2. The average molecular weight is 1080 g/mol. The zero-order valence-corrected chi connectivity index (χ0v) is 47.0. The van der Waals surface area contributed by atoms with Gasteiger partial charge in [0.25, 0.3) is 0 Å². The van der Waals surface area contributed by atoms with Gasteiger partial charge in [-0.3, -0.25) is 9.59 Å². The van der Waals surface area contributed by atoms with Gasteiger partial charge >= 0.3 is 11.9 Å². The van der Waals surface area contributed by atoms with Gasteiger partial charge in [-0.25, -0.2) is 8.78 Å². The lowest BCUT2D eigenvalue weighted by molar-refractivity contribution is -0.162. The van der Waals surface area contributed by atoms with Gasteiger partial charge in [-0.05, 0) is 180 Å². The Kier molecular flexibility index (Phi) is 24.8. The zero-order valence-electron chi connectivity index (χ0n) is 47.0. The van der Waals surface area contributed by atoms with Crippen molar-refractivity contribution < 1.29 is 56.3 Å². The summed E-state index contributed by atoms with van der Waals surface area (Å²) in [6.07, 6.45) is 9.21. The fourth-order valence-electron chi connectivity index (χ4n) is 9.31. The summed E-state index contributed by atoms with van der Waals surface area (Å²) < 4.78 is 74.4. The average Bonchev–Trinajstić information content (AvgIpc) is 4.40. The van der Waals surface area contributed by atoms with E-state index in [0.717, 1.165) is 65.2 Å². The van der Waals surface area contributed by atoms with Gasteiger partial charge in [-0.1, -0.05) is 91.4 Å². The van der Waals surface area contributed by atoms with E-state index in [9.17, 15) is 18.4 Å². The molecule has 2 saturated carbocycles. The molecule has 7 rings (SSSR count). The topological polar surface area (TPSA) is 108 Å². The van der Waals surface area contributed by atoms with Crippen LogP contribution in [-0.2, 0) is 70.7 Å². The summed E-state index contributed by atoms with van der Waals surface area (Å²) in [5, 5.41) is 0. The number of hydrogen-bond acceptors (Lipinski definition) is 10. The minimum absolute atomic E-state index is 0.0117. The molecule has 2 aliphatic rings. The van der Waals surface area contributed by atoms with Crippen LogP contribution in [0.3, 0.4) is 0 Å². The lowest BCUT2D eigenvalue weighted by Crippen LogP contribution is -2.38. The summed E-state index contributed by atoms with van der Waals surface area (Å²) in [6, 6.07) is 38.4. The molecule has 1 unspecified atom stereocenters. The first kappa shape index (κ1) is 61.3. The fraction of sp³-hybridized carbons (Fsp3) is 0.485. The van der Waals surface area contributed by atoms with Crippen LogP contribution in [0.15, 0.2) is 140 Å². The SMILES string of the molecule is C=C[C@H](Cc1ccc(F)cc1)[C@@H](OCC1CC1)[C@H](C)OCc1ccc(OC)cc1.COc1ccc(CO[C@@H](C)[C@H](OCC2CC2)[C@H](CCCC(CC(=O)OC(C)(C)C)C(=O)OCc2ccccc2)Cc2ccc(F)cc2)cc1. The van der Waals surface area contributed by atoms with Gasteiger partial charge in [0, 0.05) is 19.1 Å². The molecule has 2 aliphatic carbocycles. The van der Waals surface area contributed by atoms with E-state index >= 15 is 0 Å². The highest BCUT2D eigenvalue weighted by atomic mass is 19.1. The molecule has 7 atom stereocenters. The number of rotatable bonds is 32. The van der Waals surface area contributed by atoms with E-state index < -0.39 is 23.5 Å². The second-order valence-corrected chi connectivity index (χ2v) is 22.0. The fourth-order valence-corrected chi connectivity index (χ4v) is 9.31. The highest BCUT2D eigenvalue weighted by molar-refractivity contribution is 5.80. The first-order valence-corrected chi connectivity index (χ1v) is 27.8. The van der Waals surface area contributed by atoms with Crippen molar-refractivity contribution in [3.05, 3.63) is 180 Å². The Balaban J connectivity index is 0.000000288. The van der Waals surface area contributed by atoms with E-state index in [1.807, 2.05) is 137 Å². The predicted octanol–water partition coefficient (Wildman–Crippen LogP) is 14.2. The lowest BCUT2D eigenvalue weighted by Gasteiger charge is -2.33. The summed E-state index contributed by atoms with van der Waals surface area (Å²) in [7, 11) is 3.30. The van der Waals surface area contributed by atoms with Gasteiger partial charge in [0.15, 0.2) is 0 Å². The van der Waals surface area contributed by atoms with Crippen molar-refractivity contribution in [2.75, 3.05) is 27.4 Å². The van der Waals surface area contributed by atoms with E-state index in [1.54, 1.807) is 14.2 Å². The number of esters is 2. The third kappa shape index (κ3) is 22.4. The Hall–Kier alpha value is -5.92. The molecule has 78 heavy (non-hydrogen) atoms. The van der Waals surface area contributed by atoms with Crippen molar-refractivity contribution in [3.63, 3.8) is 0 Å². The number of benzene rings is 5. The maximum atomic E-state index is 13.8. The molecular weight excluding hydrogens is 991 g/mol. The van der Waals surface area contributed by atoms with Gasteiger partial charge in [-0.2, -0.15) is 0 Å². The number of hydrogen-bond donors (Lipinski definition) is 0. The summed E-state index contributed by atoms with van der Waals surface area (Å²) in [4.78, 5) is 26.3. The van der Waals surface area contributed by atoms with E-state index in [0.29, 0.717) is 57.3 Å². The molecule has 0 radical (unpaired) electrons. The van der Waals surface area contributed by atoms with E-state index in [-0.39, 0.29) is 60.9 Å². The molecule has 0 amide bonds. The maximum Gasteiger partial charge on any atom is 0.309 e. The molecule has 0 heterocycles. The molecule has 0 bridgehead atoms. The molecule has 0 aromatic heterocycles. The molecule has 12 heteroatoms. The second kappa shape index (κ2) is 31.6. The summed E-state index contributed by atoms with van der Waals surface area (Å²) in [5.74, 6) is 0.948. The number of carbonyl (C=O) groups excluding carboxylic acids is 2. The monoisotopic (exact) mass is 1070 g/mol. The first-order chi connectivity index (χ1) is 37.6. The molecule has 0 N–H and O–H groups in total. The van der Waals surface area contributed by atoms with E-state index in [2.05, 4.69) is 13.5 Å². The van der Waals surface area contributed by atoms with Crippen LogP contribution < -0.4 is 9.47 Å². The van der Waals surface area contributed by atoms with Crippen LogP contribution in [0.4, 0.5) is 8.78 Å². The second-order valence-electron chi connectivity index (χ2n) is 22.0. The Labute approximate surface area is 463 Å². The van der Waals surface area contributed by atoms with Crippen molar-refractivity contribution in [1.82, 2.24) is 0 Å². The van der Waals surface area contributed by atoms with Crippen molar-refractivity contribution in [1.29, 1.82) is 0 Å². The standard InChI is InChI=1S/C41H53FO7.C25H31FO3/c1-29(46-26-33-18-22-37(45-5)23-19-33)39(47-27-32-14-15-32)34(24-30-16-20-36(42)21-17-30)12-9-13-35(25-38(43)49-41(2,3)4)40(44)48-28-31-10-7-6-8-11-31;1-4-22(15-19-7-11-23(26)12-8-19)25(29-17-20-5-6-20)18(2)28-16-21-9-13-24(27-3)14-10-21/h6-8,10-11,16-23,29,32,34-35,39H,9,12-15,24-28H2,1-5H3;4,7-14,18,20,22,25H,1,5-6,15-17H2,2-3H3/t29-,34+,35?,39-;18-,22+,25-/m00/s1. The van der Waals surface area contributed by atoms with Crippen LogP contribution >= 0.6 is 0 Å². The Bertz CT molecular complexity index is 2510. The van der Waals surface area contributed by atoms with Crippen molar-refractivity contribution in [2.24, 2.45) is 29.6 Å². The minimum Gasteiger partial charge on any atom is -0.497 e. The van der Waals surface area contributed by atoms with Gasteiger partial charge < -0.3 is 37.9 Å².